The molecule has 1 N–H and O–H groups in total. The van der Waals surface area contributed by atoms with Gasteiger partial charge in [0.2, 0.25) is 0 Å². The molecule has 1 amide bonds. The van der Waals surface area contributed by atoms with E-state index in [2.05, 4.69) is 36.7 Å². The number of aryl methyl sites for hydroxylation is 1. The summed E-state index contributed by atoms with van der Waals surface area (Å²) in [5, 5.41) is 13.4. The van der Waals surface area contributed by atoms with Crippen LogP contribution in [0.15, 0.2) is 81.5 Å². The number of amides is 1. The summed E-state index contributed by atoms with van der Waals surface area (Å²) in [7, 11) is 3.21. The Morgan fingerprint density at radius 2 is 1.81 bits per heavy atom. The second-order valence-electron chi connectivity index (χ2n) is 7.67. The fourth-order valence-electron chi connectivity index (χ4n) is 3.36. The van der Waals surface area contributed by atoms with Gasteiger partial charge in [0.25, 0.3) is 5.91 Å². The maximum absolute atomic E-state index is 12.5. The van der Waals surface area contributed by atoms with Crippen LogP contribution in [0.25, 0.3) is 17.1 Å². The third-order valence-electron chi connectivity index (χ3n) is 5.19. The highest BCUT2D eigenvalue weighted by molar-refractivity contribution is 9.10. The van der Waals surface area contributed by atoms with Gasteiger partial charge in [0.15, 0.2) is 11.0 Å². The fraction of sp³-hybridized carbons (Fsp3) is 0.154. The molecule has 0 saturated carbocycles. The van der Waals surface area contributed by atoms with Crippen molar-refractivity contribution in [1.29, 1.82) is 0 Å². The number of hydrazone groups is 1. The molecule has 0 bridgehead atoms. The molecule has 0 spiro atoms. The number of ether oxygens (including phenoxy) is 2. The van der Waals surface area contributed by atoms with Crippen molar-refractivity contribution in [2.45, 2.75) is 12.1 Å². The van der Waals surface area contributed by atoms with Crippen LogP contribution in [0.4, 0.5) is 0 Å². The van der Waals surface area contributed by atoms with Crippen LogP contribution in [0.3, 0.4) is 0 Å². The first-order valence-electron chi connectivity index (χ1n) is 10.9. The number of carbonyl (C=O) groups is 1. The van der Waals surface area contributed by atoms with E-state index in [1.54, 1.807) is 20.4 Å². The van der Waals surface area contributed by atoms with Gasteiger partial charge in [0.1, 0.15) is 11.5 Å². The Bertz CT molecular complexity index is 1370. The van der Waals surface area contributed by atoms with Crippen molar-refractivity contribution in [2.24, 2.45) is 5.10 Å². The van der Waals surface area contributed by atoms with E-state index in [1.165, 1.54) is 11.8 Å². The van der Waals surface area contributed by atoms with Crippen LogP contribution in [0, 0.1) is 6.92 Å². The highest BCUT2D eigenvalue weighted by atomic mass is 79.9. The SMILES string of the molecule is COc1ccc(-n2c(SCC(=O)N/N=C\c3cc(Br)ccc3OC)nnc2-c2ccc(C)cc2)cc1. The first-order valence-corrected chi connectivity index (χ1v) is 12.7. The van der Waals surface area contributed by atoms with E-state index < -0.39 is 0 Å². The number of aromatic nitrogens is 3. The number of hydrogen-bond donors (Lipinski definition) is 1. The molecule has 0 unspecified atom stereocenters. The molecule has 36 heavy (non-hydrogen) atoms. The van der Waals surface area contributed by atoms with Crippen molar-refractivity contribution in [1.82, 2.24) is 20.2 Å². The average Bonchev–Trinajstić information content (AvgIpc) is 3.32. The average molecular weight is 566 g/mol. The molecule has 10 heteroatoms. The Labute approximate surface area is 221 Å². The highest BCUT2D eigenvalue weighted by Crippen LogP contribution is 2.29. The molecule has 1 heterocycles. The zero-order chi connectivity index (χ0) is 25.5. The van der Waals surface area contributed by atoms with E-state index in [9.17, 15) is 4.79 Å². The molecule has 0 aliphatic rings. The van der Waals surface area contributed by atoms with Crippen molar-refractivity contribution in [3.05, 3.63) is 82.3 Å². The Morgan fingerprint density at radius 3 is 2.50 bits per heavy atom. The first-order chi connectivity index (χ1) is 17.5. The van der Waals surface area contributed by atoms with Gasteiger partial charge < -0.3 is 9.47 Å². The van der Waals surface area contributed by atoms with E-state index >= 15 is 0 Å². The van der Waals surface area contributed by atoms with Crippen molar-refractivity contribution in [3.8, 4) is 28.6 Å². The summed E-state index contributed by atoms with van der Waals surface area (Å²) in [6.07, 6.45) is 1.54. The molecule has 8 nitrogen and oxygen atoms in total. The van der Waals surface area contributed by atoms with E-state index in [1.807, 2.05) is 78.2 Å². The lowest BCUT2D eigenvalue weighted by atomic mass is 10.1. The Hall–Kier alpha value is -3.63. The summed E-state index contributed by atoms with van der Waals surface area (Å²) in [5.41, 5.74) is 6.23. The van der Waals surface area contributed by atoms with Crippen LogP contribution >= 0.6 is 27.7 Å². The molecule has 184 valence electrons. The van der Waals surface area contributed by atoms with Gasteiger partial charge in [0.05, 0.1) is 26.2 Å². The molecule has 0 aliphatic carbocycles. The van der Waals surface area contributed by atoms with Crippen molar-refractivity contribution < 1.29 is 14.3 Å². The summed E-state index contributed by atoms with van der Waals surface area (Å²) < 4.78 is 13.4. The van der Waals surface area contributed by atoms with Gasteiger partial charge in [-0.15, -0.1) is 10.2 Å². The number of nitrogens with one attached hydrogen (secondary N) is 1. The van der Waals surface area contributed by atoms with Crippen LogP contribution < -0.4 is 14.9 Å². The normalized spacial score (nSPS) is 11.0. The quantitative estimate of drug-likeness (QED) is 0.169. The lowest BCUT2D eigenvalue weighted by Gasteiger charge is -2.11. The van der Waals surface area contributed by atoms with Crippen LogP contribution in [0.5, 0.6) is 11.5 Å². The molecule has 0 atom stereocenters. The molecule has 3 aromatic carbocycles. The molecule has 0 fully saturated rings. The fourth-order valence-corrected chi connectivity index (χ4v) is 4.48. The van der Waals surface area contributed by atoms with Gasteiger partial charge >= 0.3 is 0 Å². The lowest BCUT2D eigenvalue weighted by Crippen LogP contribution is -2.20. The zero-order valence-electron chi connectivity index (χ0n) is 19.9. The summed E-state index contributed by atoms with van der Waals surface area (Å²) in [6, 6.07) is 21.2. The van der Waals surface area contributed by atoms with Crippen LogP contribution in [-0.2, 0) is 4.79 Å². The Morgan fingerprint density at radius 1 is 1.06 bits per heavy atom. The van der Waals surface area contributed by atoms with Gasteiger partial charge in [-0.2, -0.15) is 5.10 Å². The minimum atomic E-state index is -0.272. The van der Waals surface area contributed by atoms with Crippen LogP contribution in [-0.4, -0.2) is 46.9 Å². The molecule has 4 aromatic rings. The third kappa shape index (κ3) is 6.13. The number of hydrogen-bond acceptors (Lipinski definition) is 7. The summed E-state index contributed by atoms with van der Waals surface area (Å²) in [6.45, 7) is 2.03. The van der Waals surface area contributed by atoms with Gasteiger partial charge in [0, 0.05) is 21.3 Å². The predicted molar refractivity (Wildman–Crippen MR) is 145 cm³/mol. The van der Waals surface area contributed by atoms with Gasteiger partial charge in [-0.05, 0) is 49.4 Å². The molecule has 1 aromatic heterocycles. The van der Waals surface area contributed by atoms with Crippen molar-refractivity contribution in [3.63, 3.8) is 0 Å². The summed E-state index contributed by atoms with van der Waals surface area (Å²) in [5.74, 6) is 1.92. The van der Waals surface area contributed by atoms with Crippen molar-refractivity contribution in [2.75, 3.05) is 20.0 Å². The largest absolute Gasteiger partial charge is 0.497 e. The number of benzene rings is 3. The molecule has 0 radical (unpaired) electrons. The highest BCUT2D eigenvalue weighted by Gasteiger charge is 2.17. The maximum atomic E-state index is 12.5. The number of halogens is 1. The Balaban J connectivity index is 1.52. The number of methoxy groups -OCH3 is 2. The van der Waals surface area contributed by atoms with E-state index in [0.717, 1.165) is 32.6 Å². The van der Waals surface area contributed by atoms with Gasteiger partial charge in [-0.25, -0.2) is 5.43 Å². The zero-order valence-corrected chi connectivity index (χ0v) is 22.3. The third-order valence-corrected chi connectivity index (χ3v) is 6.61. The van der Waals surface area contributed by atoms with E-state index in [4.69, 9.17) is 9.47 Å². The van der Waals surface area contributed by atoms with Gasteiger partial charge in [-0.1, -0.05) is 57.5 Å². The second-order valence-corrected chi connectivity index (χ2v) is 9.53. The molecular weight excluding hydrogens is 542 g/mol. The van der Waals surface area contributed by atoms with Crippen molar-refractivity contribution >= 4 is 39.8 Å². The summed E-state index contributed by atoms with van der Waals surface area (Å²) in [4.78, 5) is 12.5. The lowest BCUT2D eigenvalue weighted by molar-refractivity contribution is -0.118. The van der Waals surface area contributed by atoms with Crippen LogP contribution in [0.1, 0.15) is 11.1 Å². The van der Waals surface area contributed by atoms with Gasteiger partial charge in [-0.3, -0.25) is 9.36 Å². The molecular formula is C26H24BrN5O3S. The topological polar surface area (TPSA) is 90.6 Å². The Kier molecular flexibility index (Phi) is 8.40. The maximum Gasteiger partial charge on any atom is 0.250 e. The minimum Gasteiger partial charge on any atom is -0.497 e. The number of nitrogens with zero attached hydrogens (tertiary/aromatic N) is 4. The standard InChI is InChI=1S/C26H24BrN5O3S/c1-17-4-6-18(7-5-17)25-30-31-26(32(25)21-9-11-22(34-2)12-10-21)36-16-24(33)29-28-15-19-14-20(27)8-13-23(19)35-3/h4-15H,16H2,1-3H3,(H,29,33)/b28-15-. The monoisotopic (exact) mass is 565 g/mol. The molecule has 0 aliphatic heterocycles. The molecule has 0 saturated heterocycles. The number of carbonyl (C=O) groups excluding carboxylic acids is 1. The van der Waals surface area contributed by atoms with E-state index in [-0.39, 0.29) is 11.7 Å². The summed E-state index contributed by atoms with van der Waals surface area (Å²) >= 11 is 4.70. The smallest absolute Gasteiger partial charge is 0.250 e. The van der Waals surface area contributed by atoms with Crippen LogP contribution in [0.2, 0.25) is 0 Å². The molecule has 4 rings (SSSR count). The number of rotatable bonds is 9. The second kappa shape index (κ2) is 11.9. The predicted octanol–water partition coefficient (Wildman–Crippen LogP) is 5.26. The number of thioether (sulfide) groups is 1. The van der Waals surface area contributed by atoms with E-state index in [0.29, 0.717) is 16.7 Å². The minimum absolute atomic E-state index is 0.106. The first kappa shape index (κ1) is 25.5.